The van der Waals surface area contributed by atoms with E-state index in [-0.39, 0.29) is 6.61 Å². The number of hydrogen-bond acceptors (Lipinski definition) is 4. The fourth-order valence-corrected chi connectivity index (χ4v) is 2.14. The number of nitrogens with two attached hydrogens (primary N) is 1. The van der Waals surface area contributed by atoms with E-state index in [0.29, 0.717) is 23.1 Å². The van der Waals surface area contributed by atoms with Gasteiger partial charge in [0.15, 0.2) is 11.5 Å². The molecule has 1 atom stereocenters. The molecular weight excluding hydrogens is 290 g/mol. The highest BCUT2D eigenvalue weighted by molar-refractivity contribution is 6.30. The van der Waals surface area contributed by atoms with Crippen molar-refractivity contribution >= 4 is 11.6 Å². The Balaban J connectivity index is 2.17. The van der Waals surface area contributed by atoms with Gasteiger partial charge < -0.3 is 20.3 Å². The van der Waals surface area contributed by atoms with E-state index >= 15 is 0 Å². The molecule has 2 aromatic carbocycles. The lowest BCUT2D eigenvalue weighted by molar-refractivity contribution is 0.265. The molecule has 4 nitrogen and oxygen atoms in total. The van der Waals surface area contributed by atoms with Gasteiger partial charge in [0, 0.05) is 5.02 Å². The molecule has 0 spiro atoms. The first kappa shape index (κ1) is 15.6. The maximum absolute atomic E-state index is 9.13. The van der Waals surface area contributed by atoms with E-state index in [1.54, 1.807) is 19.2 Å². The molecule has 0 saturated heterocycles. The van der Waals surface area contributed by atoms with Crippen LogP contribution in [0.5, 0.6) is 11.5 Å². The van der Waals surface area contributed by atoms with Crippen LogP contribution in [0.2, 0.25) is 5.02 Å². The zero-order valence-electron chi connectivity index (χ0n) is 11.8. The highest BCUT2D eigenvalue weighted by atomic mass is 35.5. The zero-order chi connectivity index (χ0) is 15.2. The van der Waals surface area contributed by atoms with Crippen molar-refractivity contribution in [3.05, 3.63) is 58.6 Å². The third-order valence-electron chi connectivity index (χ3n) is 3.10. The Morgan fingerprint density at radius 1 is 1.19 bits per heavy atom. The van der Waals surface area contributed by atoms with Gasteiger partial charge in [-0.15, -0.1) is 0 Å². The van der Waals surface area contributed by atoms with Gasteiger partial charge >= 0.3 is 0 Å². The molecule has 3 N–H and O–H groups in total. The standard InChI is InChI=1S/C16H18ClNO3/c1-20-15-6-5-12(14(18)9-19)8-16(15)21-10-11-3-2-4-13(17)7-11/h2-8,14,19H,9-10,18H2,1H3/t14-/m0/s1. The van der Waals surface area contributed by atoms with Crippen molar-refractivity contribution in [2.75, 3.05) is 13.7 Å². The molecule has 0 aliphatic heterocycles. The molecule has 0 heterocycles. The number of benzene rings is 2. The summed E-state index contributed by atoms with van der Waals surface area (Å²) in [6.45, 7) is 0.245. The molecule has 0 aliphatic rings. The van der Waals surface area contributed by atoms with Crippen LogP contribution >= 0.6 is 11.6 Å². The Hall–Kier alpha value is -1.75. The maximum atomic E-state index is 9.13. The number of aliphatic hydroxyl groups excluding tert-OH is 1. The zero-order valence-corrected chi connectivity index (χ0v) is 12.5. The van der Waals surface area contributed by atoms with Gasteiger partial charge in [0.25, 0.3) is 0 Å². The number of methoxy groups -OCH3 is 1. The molecular formula is C16H18ClNO3. The van der Waals surface area contributed by atoms with Crippen LogP contribution in [0.4, 0.5) is 0 Å². The second kappa shape index (κ2) is 7.31. The van der Waals surface area contributed by atoms with Gasteiger partial charge in [0.1, 0.15) is 6.61 Å². The van der Waals surface area contributed by atoms with E-state index in [9.17, 15) is 0 Å². The average Bonchev–Trinajstić information content (AvgIpc) is 2.52. The van der Waals surface area contributed by atoms with Gasteiger partial charge in [-0.1, -0.05) is 29.8 Å². The molecule has 5 heteroatoms. The molecule has 0 aromatic heterocycles. The van der Waals surface area contributed by atoms with Crippen molar-refractivity contribution in [1.29, 1.82) is 0 Å². The van der Waals surface area contributed by atoms with Crippen LogP contribution in [0.15, 0.2) is 42.5 Å². The fourth-order valence-electron chi connectivity index (χ4n) is 1.93. The highest BCUT2D eigenvalue weighted by Crippen LogP contribution is 2.30. The van der Waals surface area contributed by atoms with Crippen LogP contribution in [0.1, 0.15) is 17.2 Å². The van der Waals surface area contributed by atoms with E-state index < -0.39 is 6.04 Å². The first-order valence-corrected chi connectivity index (χ1v) is 6.93. The Morgan fingerprint density at radius 3 is 2.67 bits per heavy atom. The van der Waals surface area contributed by atoms with Crippen molar-refractivity contribution in [1.82, 2.24) is 0 Å². The van der Waals surface area contributed by atoms with Crippen molar-refractivity contribution in [2.24, 2.45) is 5.73 Å². The minimum atomic E-state index is -0.440. The van der Waals surface area contributed by atoms with Gasteiger partial charge in [-0.2, -0.15) is 0 Å². The van der Waals surface area contributed by atoms with E-state index in [2.05, 4.69) is 0 Å². The molecule has 112 valence electrons. The summed E-state index contributed by atoms with van der Waals surface area (Å²) in [6.07, 6.45) is 0. The minimum Gasteiger partial charge on any atom is -0.493 e. The van der Waals surface area contributed by atoms with Crippen LogP contribution < -0.4 is 15.2 Å². The summed E-state index contributed by atoms with van der Waals surface area (Å²) in [5.41, 5.74) is 7.57. The Morgan fingerprint density at radius 2 is 2.00 bits per heavy atom. The second-order valence-electron chi connectivity index (χ2n) is 4.62. The fraction of sp³-hybridized carbons (Fsp3) is 0.250. The van der Waals surface area contributed by atoms with Crippen LogP contribution in [0.3, 0.4) is 0 Å². The molecule has 2 aromatic rings. The smallest absolute Gasteiger partial charge is 0.161 e. The molecule has 0 amide bonds. The summed E-state index contributed by atoms with van der Waals surface area (Å²) in [5, 5.41) is 9.80. The summed E-state index contributed by atoms with van der Waals surface area (Å²) in [5.74, 6) is 1.20. The molecule has 21 heavy (non-hydrogen) atoms. The van der Waals surface area contributed by atoms with Crippen LogP contribution in [-0.2, 0) is 6.61 Å². The summed E-state index contributed by atoms with van der Waals surface area (Å²) in [6, 6.07) is 12.4. The summed E-state index contributed by atoms with van der Waals surface area (Å²) in [7, 11) is 1.58. The van der Waals surface area contributed by atoms with Crippen LogP contribution in [0, 0.1) is 0 Å². The summed E-state index contributed by atoms with van der Waals surface area (Å²) in [4.78, 5) is 0. The Kier molecular flexibility index (Phi) is 5.44. The van der Waals surface area contributed by atoms with Gasteiger partial charge in [-0.3, -0.25) is 0 Å². The number of halogens is 1. The molecule has 2 rings (SSSR count). The third kappa shape index (κ3) is 4.11. The topological polar surface area (TPSA) is 64.7 Å². The Labute approximate surface area is 129 Å². The van der Waals surface area contributed by atoms with E-state index in [1.807, 2.05) is 30.3 Å². The monoisotopic (exact) mass is 307 g/mol. The van der Waals surface area contributed by atoms with Gasteiger partial charge in [-0.25, -0.2) is 0 Å². The van der Waals surface area contributed by atoms with Crippen molar-refractivity contribution < 1.29 is 14.6 Å². The maximum Gasteiger partial charge on any atom is 0.161 e. The largest absolute Gasteiger partial charge is 0.493 e. The Bertz CT molecular complexity index is 604. The molecule has 0 radical (unpaired) electrons. The van der Waals surface area contributed by atoms with E-state index in [0.717, 1.165) is 11.1 Å². The first-order chi connectivity index (χ1) is 10.1. The average molecular weight is 308 g/mol. The van der Waals surface area contributed by atoms with Crippen molar-refractivity contribution in [3.63, 3.8) is 0 Å². The lowest BCUT2D eigenvalue weighted by Gasteiger charge is -2.15. The minimum absolute atomic E-state index is 0.125. The normalized spacial score (nSPS) is 12.0. The SMILES string of the molecule is COc1ccc([C@@H](N)CO)cc1OCc1cccc(Cl)c1. The van der Waals surface area contributed by atoms with E-state index in [4.69, 9.17) is 31.9 Å². The molecule has 0 unspecified atom stereocenters. The van der Waals surface area contributed by atoms with Crippen molar-refractivity contribution in [2.45, 2.75) is 12.6 Å². The van der Waals surface area contributed by atoms with Crippen LogP contribution in [-0.4, -0.2) is 18.8 Å². The molecule has 0 aliphatic carbocycles. The number of hydrogen-bond donors (Lipinski definition) is 2. The van der Waals surface area contributed by atoms with Crippen LogP contribution in [0.25, 0.3) is 0 Å². The predicted molar refractivity (Wildman–Crippen MR) is 82.8 cm³/mol. The molecule has 0 fully saturated rings. The molecule has 0 saturated carbocycles. The third-order valence-corrected chi connectivity index (χ3v) is 3.33. The summed E-state index contributed by atoms with van der Waals surface area (Å²) >= 11 is 5.95. The number of ether oxygens (including phenoxy) is 2. The van der Waals surface area contributed by atoms with Crippen molar-refractivity contribution in [3.8, 4) is 11.5 Å². The lowest BCUT2D eigenvalue weighted by Crippen LogP contribution is -2.14. The lowest BCUT2D eigenvalue weighted by atomic mass is 10.1. The second-order valence-corrected chi connectivity index (χ2v) is 5.05. The molecule has 0 bridgehead atoms. The number of rotatable bonds is 6. The highest BCUT2D eigenvalue weighted by Gasteiger charge is 2.10. The van der Waals surface area contributed by atoms with Gasteiger partial charge in [-0.05, 0) is 35.4 Å². The summed E-state index contributed by atoms with van der Waals surface area (Å²) < 4.78 is 11.1. The first-order valence-electron chi connectivity index (χ1n) is 6.55. The van der Waals surface area contributed by atoms with Gasteiger partial charge in [0.05, 0.1) is 19.8 Å². The number of aliphatic hydroxyl groups is 1. The quantitative estimate of drug-likeness (QED) is 0.861. The van der Waals surface area contributed by atoms with E-state index in [1.165, 1.54) is 0 Å². The predicted octanol–water partition coefficient (Wildman–Crippen LogP) is 2.92. The van der Waals surface area contributed by atoms with Gasteiger partial charge in [0.2, 0.25) is 0 Å².